The highest BCUT2D eigenvalue weighted by molar-refractivity contribution is 6.30. The van der Waals surface area contributed by atoms with Gasteiger partial charge < -0.3 is 5.11 Å². The lowest BCUT2D eigenvalue weighted by Gasteiger charge is -2.26. The maximum atomic E-state index is 12.4. The summed E-state index contributed by atoms with van der Waals surface area (Å²) in [6.45, 7) is 0.635. The zero-order valence-electron chi connectivity index (χ0n) is 7.14. The van der Waals surface area contributed by atoms with Gasteiger partial charge in [0.2, 0.25) is 0 Å². The van der Waals surface area contributed by atoms with Crippen LogP contribution in [0.1, 0.15) is 12.5 Å². The van der Waals surface area contributed by atoms with Gasteiger partial charge in [-0.15, -0.1) is 0 Å². The Balaban J connectivity index is 3.23. The lowest BCUT2D eigenvalue weighted by atomic mass is 9.97. The standard InChI is InChI=1S/C8H7ClF3NO/c1-7(14,8(10,11)12)5-3-2-4-13-6(5)9/h2-4,14H,1H3/t7-/m1/s1. The summed E-state index contributed by atoms with van der Waals surface area (Å²) < 4.78 is 37.1. The fourth-order valence-electron chi connectivity index (χ4n) is 0.902. The molecule has 6 heteroatoms. The summed E-state index contributed by atoms with van der Waals surface area (Å²) in [6, 6.07) is 2.37. The van der Waals surface area contributed by atoms with Crippen LogP contribution in [0.4, 0.5) is 13.2 Å². The van der Waals surface area contributed by atoms with Gasteiger partial charge in [-0.3, -0.25) is 0 Å². The number of pyridine rings is 1. The van der Waals surface area contributed by atoms with Crippen LogP contribution < -0.4 is 0 Å². The fourth-order valence-corrected chi connectivity index (χ4v) is 1.21. The van der Waals surface area contributed by atoms with Crippen molar-refractivity contribution in [3.05, 3.63) is 29.0 Å². The van der Waals surface area contributed by atoms with Crippen LogP contribution in [0.3, 0.4) is 0 Å². The second-order valence-electron chi connectivity index (χ2n) is 2.91. The number of aliphatic hydroxyl groups is 1. The molecule has 1 heterocycles. The molecule has 0 aromatic carbocycles. The monoisotopic (exact) mass is 225 g/mol. The number of rotatable bonds is 1. The molecular formula is C8H7ClF3NO. The zero-order valence-corrected chi connectivity index (χ0v) is 7.89. The van der Waals surface area contributed by atoms with Gasteiger partial charge in [-0.2, -0.15) is 13.2 Å². The van der Waals surface area contributed by atoms with E-state index in [9.17, 15) is 18.3 Å². The highest BCUT2D eigenvalue weighted by Gasteiger charge is 2.52. The van der Waals surface area contributed by atoms with Crippen LogP contribution in [0.5, 0.6) is 0 Å². The molecule has 1 aromatic rings. The van der Waals surface area contributed by atoms with Gasteiger partial charge >= 0.3 is 6.18 Å². The third kappa shape index (κ3) is 1.83. The summed E-state index contributed by atoms with van der Waals surface area (Å²) in [5, 5.41) is 8.90. The first kappa shape index (κ1) is 11.3. The van der Waals surface area contributed by atoms with E-state index in [0.29, 0.717) is 6.92 Å². The first-order chi connectivity index (χ1) is 6.27. The van der Waals surface area contributed by atoms with Crippen LogP contribution in [0.25, 0.3) is 0 Å². The van der Waals surface area contributed by atoms with E-state index < -0.39 is 17.3 Å². The second kappa shape index (κ2) is 3.40. The lowest BCUT2D eigenvalue weighted by molar-refractivity contribution is -0.258. The maximum Gasteiger partial charge on any atom is 0.421 e. The normalized spacial score (nSPS) is 16.4. The molecule has 1 N–H and O–H groups in total. The fraction of sp³-hybridized carbons (Fsp3) is 0.375. The lowest BCUT2D eigenvalue weighted by Crippen LogP contribution is -2.39. The van der Waals surface area contributed by atoms with Gasteiger partial charge in [-0.1, -0.05) is 17.7 Å². The van der Waals surface area contributed by atoms with Gasteiger partial charge in [0, 0.05) is 11.8 Å². The molecule has 0 aliphatic heterocycles. The first-order valence-corrected chi connectivity index (χ1v) is 4.04. The minimum Gasteiger partial charge on any atom is -0.376 e. The largest absolute Gasteiger partial charge is 0.421 e. The molecule has 14 heavy (non-hydrogen) atoms. The van der Waals surface area contributed by atoms with Gasteiger partial charge in [-0.25, -0.2) is 4.98 Å². The van der Waals surface area contributed by atoms with E-state index in [0.717, 1.165) is 6.07 Å². The SMILES string of the molecule is C[C@@](O)(c1cccnc1Cl)C(F)(F)F. The average molecular weight is 226 g/mol. The number of halogens is 4. The Morgan fingerprint density at radius 2 is 2.00 bits per heavy atom. The summed E-state index contributed by atoms with van der Waals surface area (Å²) in [5.41, 5.74) is -3.42. The summed E-state index contributed by atoms with van der Waals surface area (Å²) >= 11 is 5.44. The molecule has 0 unspecified atom stereocenters. The molecule has 78 valence electrons. The molecule has 0 bridgehead atoms. The Hall–Kier alpha value is -0.810. The van der Waals surface area contributed by atoms with E-state index in [1.807, 2.05) is 0 Å². The van der Waals surface area contributed by atoms with Crippen molar-refractivity contribution in [2.45, 2.75) is 18.7 Å². The number of hydrogen-bond acceptors (Lipinski definition) is 2. The summed E-state index contributed by atoms with van der Waals surface area (Å²) in [7, 11) is 0. The van der Waals surface area contributed by atoms with Gasteiger partial charge in [0.1, 0.15) is 5.15 Å². The van der Waals surface area contributed by atoms with Crippen molar-refractivity contribution in [3.8, 4) is 0 Å². The Bertz CT molecular complexity index is 338. The molecular weight excluding hydrogens is 219 g/mol. The van der Waals surface area contributed by atoms with E-state index in [4.69, 9.17) is 11.6 Å². The zero-order chi connectivity index (χ0) is 11.0. The minimum absolute atomic E-state index is 0.352. The maximum absolute atomic E-state index is 12.4. The molecule has 0 amide bonds. The van der Waals surface area contributed by atoms with Crippen molar-refractivity contribution in [2.75, 3.05) is 0 Å². The molecule has 1 rings (SSSR count). The van der Waals surface area contributed by atoms with Crippen molar-refractivity contribution in [2.24, 2.45) is 0 Å². The molecule has 0 aliphatic rings. The molecule has 0 spiro atoms. The third-order valence-corrected chi connectivity index (χ3v) is 2.14. The molecule has 0 fully saturated rings. The molecule has 0 radical (unpaired) electrons. The third-order valence-electron chi connectivity index (χ3n) is 1.84. The first-order valence-electron chi connectivity index (χ1n) is 3.67. The molecule has 2 nitrogen and oxygen atoms in total. The minimum atomic E-state index is -4.78. The molecule has 1 atom stereocenters. The van der Waals surface area contributed by atoms with Crippen LogP contribution >= 0.6 is 11.6 Å². The van der Waals surface area contributed by atoms with E-state index in [1.165, 1.54) is 12.3 Å². The predicted molar refractivity (Wildman–Crippen MR) is 44.9 cm³/mol. The van der Waals surface area contributed by atoms with E-state index in [2.05, 4.69) is 4.98 Å². The summed E-state index contributed by atoms with van der Waals surface area (Å²) in [5.74, 6) is 0. The van der Waals surface area contributed by atoms with Crippen molar-refractivity contribution < 1.29 is 18.3 Å². The Morgan fingerprint density at radius 1 is 1.43 bits per heavy atom. The van der Waals surface area contributed by atoms with E-state index >= 15 is 0 Å². The van der Waals surface area contributed by atoms with Crippen LogP contribution in [0.2, 0.25) is 5.15 Å². The van der Waals surface area contributed by atoms with Crippen molar-refractivity contribution in [3.63, 3.8) is 0 Å². The highest BCUT2D eigenvalue weighted by Crippen LogP contribution is 2.40. The van der Waals surface area contributed by atoms with Crippen LogP contribution in [0, 0.1) is 0 Å². The Morgan fingerprint density at radius 3 is 2.43 bits per heavy atom. The number of nitrogens with zero attached hydrogens (tertiary/aromatic N) is 1. The Labute approximate surface area is 83.3 Å². The Kier molecular flexibility index (Phi) is 2.74. The molecule has 0 saturated carbocycles. The molecule has 1 aromatic heterocycles. The molecule has 0 saturated heterocycles. The topological polar surface area (TPSA) is 33.1 Å². The van der Waals surface area contributed by atoms with E-state index in [-0.39, 0.29) is 5.15 Å². The summed E-state index contributed by atoms with van der Waals surface area (Å²) in [4.78, 5) is 3.46. The number of alkyl halides is 3. The summed E-state index contributed by atoms with van der Waals surface area (Å²) in [6.07, 6.45) is -3.53. The van der Waals surface area contributed by atoms with Crippen molar-refractivity contribution in [1.29, 1.82) is 0 Å². The van der Waals surface area contributed by atoms with Gasteiger partial charge in [-0.05, 0) is 13.0 Å². The van der Waals surface area contributed by atoms with Crippen LogP contribution in [-0.4, -0.2) is 16.3 Å². The van der Waals surface area contributed by atoms with Gasteiger partial charge in [0.25, 0.3) is 0 Å². The predicted octanol–water partition coefficient (Wildman–Crippen LogP) is 2.50. The number of hydrogen-bond donors (Lipinski definition) is 1. The average Bonchev–Trinajstić information content (AvgIpc) is 2.02. The molecule has 0 aliphatic carbocycles. The number of aromatic nitrogens is 1. The quantitative estimate of drug-likeness (QED) is 0.745. The smallest absolute Gasteiger partial charge is 0.376 e. The van der Waals surface area contributed by atoms with Crippen molar-refractivity contribution in [1.82, 2.24) is 4.98 Å². The highest BCUT2D eigenvalue weighted by atomic mass is 35.5. The van der Waals surface area contributed by atoms with Crippen molar-refractivity contribution >= 4 is 11.6 Å². The van der Waals surface area contributed by atoms with Crippen LogP contribution in [-0.2, 0) is 5.60 Å². The second-order valence-corrected chi connectivity index (χ2v) is 3.27. The van der Waals surface area contributed by atoms with E-state index in [1.54, 1.807) is 0 Å². The van der Waals surface area contributed by atoms with Gasteiger partial charge in [0.05, 0.1) is 0 Å². The van der Waals surface area contributed by atoms with Gasteiger partial charge in [0.15, 0.2) is 5.60 Å². The van der Waals surface area contributed by atoms with Crippen LogP contribution in [0.15, 0.2) is 18.3 Å².